The number of fused-ring (bicyclic) bond motifs is 1. The first-order chi connectivity index (χ1) is 10.7. The number of rotatable bonds is 3. The minimum Gasteiger partial charge on any atom is -0.403 e. The number of halogens is 4. The van der Waals surface area contributed by atoms with Crippen LogP contribution in [0.15, 0.2) is 20.1 Å². The Labute approximate surface area is 126 Å². The van der Waals surface area contributed by atoms with E-state index >= 15 is 0 Å². The molecule has 0 spiro atoms. The van der Waals surface area contributed by atoms with Crippen LogP contribution < -0.4 is 11.2 Å². The van der Waals surface area contributed by atoms with E-state index in [0.29, 0.717) is 0 Å². The second-order valence-corrected chi connectivity index (χ2v) is 5.69. The van der Waals surface area contributed by atoms with Crippen molar-refractivity contribution >= 4 is 11.1 Å². The second-order valence-electron chi connectivity index (χ2n) is 5.69. The number of nitrogens with one attached hydrogen (secondary N) is 1. The lowest BCUT2D eigenvalue weighted by molar-refractivity contribution is 0.00509. The van der Waals surface area contributed by atoms with Crippen LogP contribution in [0, 0.1) is 5.92 Å². The molecule has 0 saturated heterocycles. The van der Waals surface area contributed by atoms with Crippen LogP contribution in [0.1, 0.15) is 37.1 Å². The first-order valence-electron chi connectivity index (χ1n) is 6.98. The molecule has 124 valence electrons. The van der Waals surface area contributed by atoms with Gasteiger partial charge in [0.1, 0.15) is 5.39 Å². The molecule has 23 heavy (non-hydrogen) atoms. The quantitative estimate of drug-likeness (QED) is 0.877. The van der Waals surface area contributed by atoms with Crippen LogP contribution in [-0.4, -0.2) is 15.9 Å². The van der Waals surface area contributed by atoms with E-state index in [1.165, 1.54) is 0 Å². The summed E-state index contributed by atoms with van der Waals surface area (Å²) in [5.74, 6) is -4.06. The zero-order valence-electron chi connectivity index (χ0n) is 11.7. The maximum Gasteiger partial charge on any atom is 0.337 e. The van der Waals surface area contributed by atoms with Gasteiger partial charge < -0.3 is 9.40 Å². The van der Waals surface area contributed by atoms with E-state index in [9.17, 15) is 27.2 Å². The second kappa shape index (κ2) is 5.47. The van der Waals surface area contributed by atoms with Gasteiger partial charge in [0.2, 0.25) is 11.6 Å². The molecule has 2 aromatic heterocycles. The molecule has 1 N–H and O–H groups in total. The summed E-state index contributed by atoms with van der Waals surface area (Å²) < 4.78 is 56.6. The predicted octanol–water partition coefficient (Wildman–Crippen LogP) is 2.79. The lowest BCUT2D eigenvalue weighted by Gasteiger charge is -2.11. The number of aromatic amines is 1. The van der Waals surface area contributed by atoms with Gasteiger partial charge in [0.05, 0.1) is 0 Å². The van der Waals surface area contributed by atoms with Gasteiger partial charge in [-0.05, 0) is 24.3 Å². The number of alkyl halides is 4. The average Bonchev–Trinajstić information content (AvgIpc) is 2.76. The fourth-order valence-corrected chi connectivity index (χ4v) is 2.96. The molecule has 0 bridgehead atoms. The van der Waals surface area contributed by atoms with E-state index in [1.807, 2.05) is 4.98 Å². The van der Waals surface area contributed by atoms with Crippen LogP contribution in [0.2, 0.25) is 0 Å². The third kappa shape index (κ3) is 3.13. The Bertz CT molecular complexity index is 859. The zero-order chi connectivity index (χ0) is 16.8. The molecule has 9 heteroatoms. The highest BCUT2D eigenvalue weighted by Crippen LogP contribution is 2.40. The molecule has 0 unspecified atom stereocenters. The van der Waals surface area contributed by atoms with Crippen molar-refractivity contribution in [2.24, 2.45) is 5.92 Å². The Morgan fingerprint density at radius 3 is 2.74 bits per heavy atom. The van der Waals surface area contributed by atoms with Crippen molar-refractivity contribution < 1.29 is 22.0 Å². The first-order valence-corrected chi connectivity index (χ1v) is 6.98. The van der Waals surface area contributed by atoms with Crippen LogP contribution in [0.4, 0.5) is 17.6 Å². The molecule has 0 aromatic carbocycles. The van der Waals surface area contributed by atoms with Gasteiger partial charge in [0.25, 0.3) is 12.0 Å². The van der Waals surface area contributed by atoms with Crippen molar-refractivity contribution in [3.8, 4) is 0 Å². The number of hydrogen-bond donors (Lipinski definition) is 1. The first kappa shape index (κ1) is 15.7. The smallest absolute Gasteiger partial charge is 0.337 e. The molecule has 1 aliphatic carbocycles. The largest absolute Gasteiger partial charge is 0.403 e. The van der Waals surface area contributed by atoms with Crippen molar-refractivity contribution in [2.75, 3.05) is 0 Å². The summed E-state index contributed by atoms with van der Waals surface area (Å²) in [7, 11) is 0. The summed E-state index contributed by atoms with van der Waals surface area (Å²) in [4.78, 5) is 28.9. The highest BCUT2D eigenvalue weighted by molar-refractivity contribution is 5.75. The Hall–Kier alpha value is -2.19. The molecule has 3 rings (SSSR count). The highest BCUT2D eigenvalue weighted by atomic mass is 19.3. The highest BCUT2D eigenvalue weighted by Gasteiger charge is 2.39. The molecule has 1 fully saturated rings. The van der Waals surface area contributed by atoms with Gasteiger partial charge in [0.15, 0.2) is 5.82 Å². The lowest BCUT2D eigenvalue weighted by Crippen LogP contribution is -2.18. The lowest BCUT2D eigenvalue weighted by atomic mass is 9.97. The molecule has 1 atom stereocenters. The Morgan fingerprint density at radius 2 is 2.13 bits per heavy atom. The van der Waals surface area contributed by atoms with Crippen LogP contribution in [0.25, 0.3) is 11.1 Å². The minimum atomic E-state index is -3.03. The standard InChI is InChI=1S/C14H12F4N2O3/c15-10(16)11-19-12(22)9-7(4-8(21)23-13(9)20-11)3-6-1-2-14(17,18)5-6/h4,6,10H,1-3,5H2,(H,19,20,22)/t6-/m0/s1. The van der Waals surface area contributed by atoms with E-state index in [0.717, 1.165) is 6.07 Å². The van der Waals surface area contributed by atoms with Gasteiger partial charge in [-0.2, -0.15) is 4.98 Å². The van der Waals surface area contributed by atoms with Gasteiger partial charge in [-0.1, -0.05) is 0 Å². The Kier molecular flexibility index (Phi) is 3.73. The third-order valence-corrected chi connectivity index (χ3v) is 3.94. The predicted molar refractivity (Wildman–Crippen MR) is 71.8 cm³/mol. The van der Waals surface area contributed by atoms with E-state index in [-0.39, 0.29) is 36.6 Å². The molecule has 2 aromatic rings. The molecule has 5 nitrogen and oxygen atoms in total. The molecule has 0 radical (unpaired) electrons. The van der Waals surface area contributed by atoms with Crippen LogP contribution in [-0.2, 0) is 6.42 Å². The summed E-state index contributed by atoms with van der Waals surface area (Å²) in [5, 5.41) is -0.149. The maximum absolute atomic E-state index is 13.3. The maximum atomic E-state index is 13.3. The third-order valence-electron chi connectivity index (χ3n) is 3.94. The molecular weight excluding hydrogens is 320 g/mol. The summed E-state index contributed by atoms with van der Waals surface area (Å²) in [6.45, 7) is 0. The average molecular weight is 332 g/mol. The monoisotopic (exact) mass is 332 g/mol. The molecule has 2 heterocycles. The van der Waals surface area contributed by atoms with Crippen LogP contribution in [0.3, 0.4) is 0 Å². The topological polar surface area (TPSA) is 76.0 Å². The zero-order valence-corrected chi connectivity index (χ0v) is 11.7. The molecule has 0 amide bonds. The fourth-order valence-electron chi connectivity index (χ4n) is 2.96. The van der Waals surface area contributed by atoms with E-state index in [1.54, 1.807) is 0 Å². The van der Waals surface area contributed by atoms with Crippen molar-refractivity contribution in [2.45, 2.75) is 38.0 Å². The van der Waals surface area contributed by atoms with Crippen molar-refractivity contribution in [1.29, 1.82) is 0 Å². The van der Waals surface area contributed by atoms with Gasteiger partial charge >= 0.3 is 5.63 Å². The fraction of sp³-hybridized carbons (Fsp3) is 0.500. The summed E-state index contributed by atoms with van der Waals surface area (Å²) in [6.07, 6.45) is -3.29. The number of nitrogens with zero attached hydrogens (tertiary/aromatic N) is 1. The summed E-state index contributed by atoms with van der Waals surface area (Å²) in [5.41, 5.74) is -2.06. The number of hydrogen-bond acceptors (Lipinski definition) is 4. The molecular formula is C14H12F4N2O3. The van der Waals surface area contributed by atoms with Gasteiger partial charge in [-0.25, -0.2) is 22.4 Å². The van der Waals surface area contributed by atoms with Gasteiger partial charge in [0, 0.05) is 18.9 Å². The van der Waals surface area contributed by atoms with E-state index < -0.39 is 41.0 Å². The van der Waals surface area contributed by atoms with E-state index in [4.69, 9.17) is 4.42 Å². The van der Waals surface area contributed by atoms with Gasteiger partial charge in [-0.15, -0.1) is 0 Å². The molecule has 0 aliphatic heterocycles. The van der Waals surface area contributed by atoms with Gasteiger partial charge in [-0.3, -0.25) is 4.79 Å². The van der Waals surface area contributed by atoms with Crippen LogP contribution >= 0.6 is 0 Å². The summed E-state index contributed by atoms with van der Waals surface area (Å²) >= 11 is 0. The summed E-state index contributed by atoms with van der Waals surface area (Å²) in [6, 6.07) is 1.03. The Balaban J connectivity index is 2.07. The molecule has 1 saturated carbocycles. The van der Waals surface area contributed by atoms with Crippen LogP contribution in [0.5, 0.6) is 0 Å². The minimum absolute atomic E-state index is 0.0659. The Morgan fingerprint density at radius 1 is 1.39 bits per heavy atom. The molecule has 1 aliphatic rings. The van der Waals surface area contributed by atoms with E-state index in [2.05, 4.69) is 4.98 Å². The number of aromatic nitrogens is 2. The van der Waals surface area contributed by atoms with Crippen molar-refractivity contribution in [3.63, 3.8) is 0 Å². The van der Waals surface area contributed by atoms with Crippen molar-refractivity contribution in [1.82, 2.24) is 9.97 Å². The van der Waals surface area contributed by atoms with Crippen molar-refractivity contribution in [3.05, 3.63) is 38.2 Å². The number of H-pyrrole nitrogens is 1. The SMILES string of the molecule is O=c1cc(C[C@@H]2CCC(F)(F)C2)c2c(=O)[nH]c(C(F)F)nc2o1. The normalized spacial score (nSPS) is 20.5.